The number of carbonyl (C=O) groups is 1. The molecule has 0 aromatic carbocycles. The number of ketones is 1. The first-order valence-electron chi connectivity index (χ1n) is 5.23. The number of aryl methyl sites for hydroxylation is 2. The number of aromatic nitrogens is 3. The van der Waals surface area contributed by atoms with Crippen LogP contribution in [0.1, 0.15) is 28.0 Å². The quantitative estimate of drug-likeness (QED) is 0.850. The van der Waals surface area contributed by atoms with Gasteiger partial charge in [0, 0.05) is 14.0 Å². The van der Waals surface area contributed by atoms with Gasteiger partial charge in [-0.2, -0.15) is 5.10 Å². The van der Waals surface area contributed by atoms with Gasteiger partial charge in [-0.1, -0.05) is 11.3 Å². The van der Waals surface area contributed by atoms with E-state index in [9.17, 15) is 4.79 Å². The summed E-state index contributed by atoms with van der Waals surface area (Å²) in [5.41, 5.74) is 2.71. The summed E-state index contributed by atoms with van der Waals surface area (Å²) in [6.07, 6.45) is 1.75. The van der Waals surface area contributed by atoms with Crippen LogP contribution in [-0.4, -0.2) is 20.5 Å². The summed E-state index contributed by atoms with van der Waals surface area (Å²) < 4.78 is 1.79. The Balaban J connectivity index is 2.28. The van der Waals surface area contributed by atoms with Gasteiger partial charge < -0.3 is 5.32 Å². The fourth-order valence-corrected chi connectivity index (χ4v) is 2.39. The van der Waals surface area contributed by atoms with Crippen LogP contribution in [0.3, 0.4) is 0 Å². The standard InChI is InChI=1S/C11H14N4OS/c1-6-10(8(3)16)17-11(13-6)14-9-5-12-15(4)7(9)2/h5H,1-4H3,(H,13,14). The zero-order valence-corrected chi connectivity index (χ0v) is 11.1. The number of Topliss-reactive ketones (excluding diaryl/α,β-unsaturated/α-hetero) is 1. The van der Waals surface area contributed by atoms with Gasteiger partial charge in [-0.3, -0.25) is 9.48 Å². The smallest absolute Gasteiger partial charge is 0.188 e. The number of nitrogens with zero attached hydrogens (tertiary/aromatic N) is 3. The third-order valence-corrected chi connectivity index (χ3v) is 3.77. The van der Waals surface area contributed by atoms with Gasteiger partial charge in [0.2, 0.25) is 0 Å². The summed E-state index contributed by atoms with van der Waals surface area (Å²) in [5, 5.41) is 8.05. The van der Waals surface area contributed by atoms with Gasteiger partial charge in [0.05, 0.1) is 28.1 Å². The lowest BCUT2D eigenvalue weighted by molar-refractivity contribution is 0.102. The molecule has 0 amide bonds. The molecule has 0 saturated heterocycles. The topological polar surface area (TPSA) is 59.8 Å². The highest BCUT2D eigenvalue weighted by Gasteiger charge is 2.12. The highest BCUT2D eigenvalue weighted by Crippen LogP contribution is 2.27. The molecule has 0 fully saturated rings. The highest BCUT2D eigenvalue weighted by molar-refractivity contribution is 7.17. The van der Waals surface area contributed by atoms with E-state index in [1.54, 1.807) is 17.8 Å². The molecule has 0 bridgehead atoms. The van der Waals surface area contributed by atoms with Crippen LogP contribution in [0.25, 0.3) is 0 Å². The molecule has 0 saturated carbocycles. The van der Waals surface area contributed by atoms with Gasteiger partial charge >= 0.3 is 0 Å². The zero-order chi connectivity index (χ0) is 12.6. The molecule has 0 aliphatic rings. The van der Waals surface area contributed by atoms with Crippen LogP contribution in [0.5, 0.6) is 0 Å². The van der Waals surface area contributed by atoms with E-state index in [2.05, 4.69) is 15.4 Å². The second kappa shape index (κ2) is 4.29. The second-order valence-corrected chi connectivity index (χ2v) is 4.88. The van der Waals surface area contributed by atoms with Gasteiger partial charge in [-0.25, -0.2) is 4.98 Å². The minimum absolute atomic E-state index is 0.0518. The first kappa shape index (κ1) is 11.8. The highest BCUT2D eigenvalue weighted by atomic mass is 32.1. The number of nitrogens with one attached hydrogen (secondary N) is 1. The lowest BCUT2D eigenvalue weighted by Gasteiger charge is -2.00. The van der Waals surface area contributed by atoms with Crippen LogP contribution in [0.15, 0.2) is 6.20 Å². The lowest BCUT2D eigenvalue weighted by Crippen LogP contribution is -1.95. The van der Waals surface area contributed by atoms with Crippen molar-refractivity contribution < 1.29 is 4.79 Å². The maximum Gasteiger partial charge on any atom is 0.188 e. The maximum absolute atomic E-state index is 11.3. The largest absolute Gasteiger partial charge is 0.329 e. The minimum Gasteiger partial charge on any atom is -0.329 e. The summed E-state index contributed by atoms with van der Waals surface area (Å²) >= 11 is 1.37. The third kappa shape index (κ3) is 2.21. The third-order valence-electron chi connectivity index (χ3n) is 2.59. The van der Waals surface area contributed by atoms with Crippen LogP contribution < -0.4 is 5.32 Å². The average Bonchev–Trinajstić information content (AvgIpc) is 2.76. The Morgan fingerprint density at radius 1 is 1.47 bits per heavy atom. The predicted octanol–water partition coefficient (Wildman–Crippen LogP) is 2.44. The lowest BCUT2D eigenvalue weighted by atomic mass is 10.3. The Morgan fingerprint density at radius 2 is 2.18 bits per heavy atom. The van der Waals surface area contributed by atoms with Crippen molar-refractivity contribution in [1.82, 2.24) is 14.8 Å². The van der Waals surface area contributed by atoms with Crippen molar-refractivity contribution in [2.45, 2.75) is 20.8 Å². The Kier molecular flexibility index (Phi) is 2.97. The molecular formula is C11H14N4OS. The SMILES string of the molecule is CC(=O)c1sc(Nc2cnn(C)c2C)nc1C. The van der Waals surface area contributed by atoms with Crippen LogP contribution in [0.4, 0.5) is 10.8 Å². The van der Waals surface area contributed by atoms with Crippen molar-refractivity contribution in [2.24, 2.45) is 7.05 Å². The van der Waals surface area contributed by atoms with Crippen LogP contribution >= 0.6 is 11.3 Å². The summed E-state index contributed by atoms with van der Waals surface area (Å²) in [5.74, 6) is 0.0518. The molecule has 2 heterocycles. The second-order valence-electron chi connectivity index (χ2n) is 3.88. The number of carbonyl (C=O) groups excluding carboxylic acids is 1. The normalized spacial score (nSPS) is 10.6. The predicted molar refractivity (Wildman–Crippen MR) is 68.1 cm³/mol. The molecule has 5 nitrogen and oxygen atoms in total. The molecule has 0 atom stereocenters. The van der Waals surface area contributed by atoms with Crippen LogP contribution in [0.2, 0.25) is 0 Å². The van der Waals surface area contributed by atoms with Crippen LogP contribution in [0, 0.1) is 13.8 Å². The van der Waals surface area contributed by atoms with Gasteiger partial charge in [0.1, 0.15) is 0 Å². The van der Waals surface area contributed by atoms with E-state index >= 15 is 0 Å². The summed E-state index contributed by atoms with van der Waals surface area (Å²) in [7, 11) is 1.88. The number of thiazole rings is 1. The van der Waals surface area contributed by atoms with Gasteiger partial charge in [0.15, 0.2) is 10.9 Å². The van der Waals surface area contributed by atoms with Crippen molar-refractivity contribution >= 4 is 27.9 Å². The monoisotopic (exact) mass is 250 g/mol. The Bertz CT molecular complexity index is 570. The molecule has 6 heteroatoms. The molecule has 0 spiro atoms. The van der Waals surface area contributed by atoms with Gasteiger partial charge in [0.25, 0.3) is 0 Å². The molecule has 2 aromatic rings. The molecule has 1 N–H and O–H groups in total. The first-order chi connectivity index (χ1) is 7.99. The maximum atomic E-state index is 11.3. The molecule has 0 aliphatic heterocycles. The van der Waals surface area contributed by atoms with Gasteiger partial charge in [-0.05, 0) is 13.8 Å². The average molecular weight is 250 g/mol. The molecule has 2 rings (SSSR count). The van der Waals surface area contributed by atoms with Crippen molar-refractivity contribution in [3.05, 3.63) is 22.5 Å². The van der Waals surface area contributed by atoms with Crippen LogP contribution in [-0.2, 0) is 7.05 Å². The Morgan fingerprint density at radius 3 is 2.65 bits per heavy atom. The van der Waals surface area contributed by atoms with Crippen molar-refractivity contribution in [2.75, 3.05) is 5.32 Å². The zero-order valence-electron chi connectivity index (χ0n) is 10.2. The number of anilines is 2. The van der Waals surface area contributed by atoms with Crippen molar-refractivity contribution in [3.8, 4) is 0 Å². The number of rotatable bonds is 3. The number of hydrogen-bond donors (Lipinski definition) is 1. The molecule has 0 radical (unpaired) electrons. The molecule has 90 valence electrons. The number of hydrogen-bond acceptors (Lipinski definition) is 5. The molecule has 2 aromatic heterocycles. The molecule has 0 unspecified atom stereocenters. The van der Waals surface area contributed by atoms with Crippen molar-refractivity contribution in [3.63, 3.8) is 0 Å². The molecule has 0 aliphatic carbocycles. The van der Waals surface area contributed by atoms with E-state index in [0.29, 0.717) is 4.88 Å². The van der Waals surface area contributed by atoms with E-state index in [1.807, 2.05) is 20.9 Å². The summed E-state index contributed by atoms with van der Waals surface area (Å²) in [4.78, 5) is 16.4. The van der Waals surface area contributed by atoms with E-state index in [4.69, 9.17) is 0 Å². The van der Waals surface area contributed by atoms with E-state index < -0.39 is 0 Å². The first-order valence-corrected chi connectivity index (χ1v) is 6.04. The van der Waals surface area contributed by atoms with Crippen molar-refractivity contribution in [1.29, 1.82) is 0 Å². The molecule has 17 heavy (non-hydrogen) atoms. The fourth-order valence-electron chi connectivity index (χ4n) is 1.51. The Labute approximate surface area is 103 Å². The van der Waals surface area contributed by atoms with E-state index in [1.165, 1.54) is 11.3 Å². The molecular weight excluding hydrogens is 236 g/mol. The Hall–Kier alpha value is -1.69. The fraction of sp³-hybridized carbons (Fsp3) is 0.364. The minimum atomic E-state index is 0.0518. The van der Waals surface area contributed by atoms with E-state index in [-0.39, 0.29) is 5.78 Å². The summed E-state index contributed by atoms with van der Waals surface area (Å²) in [6.45, 7) is 5.37. The van der Waals surface area contributed by atoms with E-state index in [0.717, 1.165) is 22.2 Å². The van der Waals surface area contributed by atoms with Gasteiger partial charge in [-0.15, -0.1) is 0 Å². The summed E-state index contributed by atoms with van der Waals surface area (Å²) in [6, 6.07) is 0.